The van der Waals surface area contributed by atoms with E-state index in [1.807, 2.05) is 25.1 Å². The smallest absolute Gasteiger partial charge is 0.260 e. The summed E-state index contributed by atoms with van der Waals surface area (Å²) in [5.41, 5.74) is 1.87. The number of nitrogens with zero attached hydrogens (tertiary/aromatic N) is 2. The molecule has 140 valence electrons. The van der Waals surface area contributed by atoms with Crippen molar-refractivity contribution in [1.82, 2.24) is 9.47 Å². The summed E-state index contributed by atoms with van der Waals surface area (Å²) in [4.78, 5) is 26.4. The van der Waals surface area contributed by atoms with Gasteiger partial charge >= 0.3 is 0 Å². The van der Waals surface area contributed by atoms with E-state index in [4.69, 9.17) is 9.47 Å². The van der Waals surface area contributed by atoms with E-state index in [-0.39, 0.29) is 24.0 Å². The molecule has 0 atom stereocenters. The van der Waals surface area contributed by atoms with Gasteiger partial charge in [-0.2, -0.15) is 0 Å². The molecule has 1 fully saturated rings. The maximum absolute atomic E-state index is 12.4. The summed E-state index contributed by atoms with van der Waals surface area (Å²) in [6.07, 6.45) is 0. The lowest BCUT2D eigenvalue weighted by atomic mass is 9.98. The first kappa shape index (κ1) is 18.5. The molecule has 3 rings (SSSR count). The molecule has 0 spiro atoms. The molecule has 0 radical (unpaired) electrons. The molecule has 0 aliphatic carbocycles. The van der Waals surface area contributed by atoms with Gasteiger partial charge in [0.25, 0.3) is 11.5 Å². The molecule has 6 nitrogen and oxygen atoms in total. The molecule has 1 aromatic heterocycles. The van der Waals surface area contributed by atoms with Crippen LogP contribution in [-0.2, 0) is 16.1 Å². The van der Waals surface area contributed by atoms with Gasteiger partial charge in [-0.25, -0.2) is 0 Å². The number of amides is 1. The largest absolute Gasteiger partial charge is 0.484 e. The van der Waals surface area contributed by atoms with Crippen molar-refractivity contribution in [3.05, 3.63) is 40.2 Å². The third-order valence-corrected chi connectivity index (χ3v) is 4.78. The van der Waals surface area contributed by atoms with Crippen LogP contribution in [0.15, 0.2) is 29.1 Å². The number of hydrogen-bond acceptors (Lipinski definition) is 4. The minimum Gasteiger partial charge on any atom is -0.484 e. The van der Waals surface area contributed by atoms with Crippen LogP contribution in [0.3, 0.4) is 0 Å². The summed E-state index contributed by atoms with van der Waals surface area (Å²) >= 11 is 0. The Kier molecular flexibility index (Phi) is 5.61. The molecule has 1 aromatic carbocycles. The van der Waals surface area contributed by atoms with Gasteiger partial charge in [0.1, 0.15) is 5.75 Å². The van der Waals surface area contributed by atoms with Crippen LogP contribution in [0.5, 0.6) is 5.75 Å². The van der Waals surface area contributed by atoms with Gasteiger partial charge in [0.2, 0.25) is 0 Å². The normalized spacial score (nSPS) is 14.8. The Balaban J connectivity index is 1.86. The topological polar surface area (TPSA) is 60.8 Å². The van der Waals surface area contributed by atoms with Crippen molar-refractivity contribution in [3.8, 4) is 5.75 Å². The van der Waals surface area contributed by atoms with Crippen molar-refractivity contribution in [2.45, 2.75) is 33.2 Å². The zero-order chi connectivity index (χ0) is 18.7. The van der Waals surface area contributed by atoms with Gasteiger partial charge in [-0.3, -0.25) is 9.59 Å². The van der Waals surface area contributed by atoms with Gasteiger partial charge in [-0.05, 0) is 30.5 Å². The van der Waals surface area contributed by atoms with Crippen molar-refractivity contribution in [2.24, 2.45) is 0 Å². The standard InChI is InChI=1S/C20H26N2O4/c1-4-22-18-11-15(26-13-20(24)21-7-9-25-10-8-21)5-6-16(18)17(14(2)3)12-19(22)23/h5-6,11-12,14H,4,7-10,13H2,1-3H3. The van der Waals surface area contributed by atoms with Gasteiger partial charge in [0, 0.05) is 37.2 Å². The van der Waals surface area contributed by atoms with Crippen molar-refractivity contribution < 1.29 is 14.3 Å². The van der Waals surface area contributed by atoms with Gasteiger partial charge in [-0.1, -0.05) is 13.8 Å². The van der Waals surface area contributed by atoms with E-state index in [1.165, 1.54) is 0 Å². The summed E-state index contributed by atoms with van der Waals surface area (Å²) < 4.78 is 12.7. The molecule has 1 saturated heterocycles. The van der Waals surface area contributed by atoms with Crippen LogP contribution in [0, 0.1) is 0 Å². The molecule has 0 saturated carbocycles. The predicted molar refractivity (Wildman–Crippen MR) is 101 cm³/mol. The molecule has 2 aromatic rings. The molecule has 6 heteroatoms. The van der Waals surface area contributed by atoms with E-state index in [2.05, 4.69) is 13.8 Å². The highest BCUT2D eigenvalue weighted by Crippen LogP contribution is 2.27. The fourth-order valence-electron chi connectivity index (χ4n) is 3.33. The molecule has 0 N–H and O–H groups in total. The zero-order valence-electron chi connectivity index (χ0n) is 15.7. The minimum absolute atomic E-state index is 0.00820. The number of aromatic nitrogens is 1. The monoisotopic (exact) mass is 358 g/mol. The number of pyridine rings is 1. The van der Waals surface area contributed by atoms with Crippen LogP contribution in [0.2, 0.25) is 0 Å². The van der Waals surface area contributed by atoms with Crippen molar-refractivity contribution in [1.29, 1.82) is 0 Å². The Morgan fingerprint density at radius 3 is 2.62 bits per heavy atom. The van der Waals surface area contributed by atoms with Crippen LogP contribution in [0.25, 0.3) is 10.9 Å². The van der Waals surface area contributed by atoms with E-state index >= 15 is 0 Å². The number of fused-ring (bicyclic) bond motifs is 1. The van der Waals surface area contributed by atoms with Crippen LogP contribution >= 0.6 is 0 Å². The van der Waals surface area contributed by atoms with Crippen LogP contribution in [0.4, 0.5) is 0 Å². The summed E-state index contributed by atoms with van der Waals surface area (Å²) in [5, 5.41) is 1.05. The summed E-state index contributed by atoms with van der Waals surface area (Å²) in [7, 11) is 0. The van der Waals surface area contributed by atoms with Crippen LogP contribution in [0.1, 0.15) is 32.3 Å². The molecular formula is C20H26N2O4. The molecule has 2 heterocycles. The second-order valence-electron chi connectivity index (χ2n) is 6.80. The Hall–Kier alpha value is -2.34. The highest BCUT2D eigenvalue weighted by Gasteiger charge is 2.17. The first-order chi connectivity index (χ1) is 12.5. The third-order valence-electron chi connectivity index (χ3n) is 4.78. The number of hydrogen-bond donors (Lipinski definition) is 0. The van der Waals surface area contributed by atoms with Gasteiger partial charge in [-0.15, -0.1) is 0 Å². The van der Waals surface area contributed by atoms with Crippen molar-refractivity contribution in [3.63, 3.8) is 0 Å². The minimum atomic E-state index is -0.0442. The lowest BCUT2D eigenvalue weighted by Crippen LogP contribution is -2.42. The number of carbonyl (C=O) groups excluding carboxylic acids is 1. The Bertz CT molecular complexity index is 851. The molecule has 1 aliphatic heterocycles. The lowest BCUT2D eigenvalue weighted by molar-refractivity contribution is -0.137. The van der Waals surface area contributed by atoms with Gasteiger partial charge in [0.15, 0.2) is 6.61 Å². The number of aryl methyl sites for hydroxylation is 1. The van der Waals surface area contributed by atoms with Crippen molar-refractivity contribution >= 4 is 16.8 Å². The first-order valence-corrected chi connectivity index (χ1v) is 9.17. The summed E-state index contributed by atoms with van der Waals surface area (Å²) in [5.74, 6) is 0.810. The molecule has 26 heavy (non-hydrogen) atoms. The maximum atomic E-state index is 12.4. The second-order valence-corrected chi connectivity index (χ2v) is 6.80. The second kappa shape index (κ2) is 7.91. The van der Waals surface area contributed by atoms with E-state index in [0.717, 1.165) is 16.5 Å². The average Bonchev–Trinajstić information content (AvgIpc) is 2.65. The molecule has 1 aliphatic rings. The molecular weight excluding hydrogens is 332 g/mol. The average molecular weight is 358 g/mol. The molecule has 1 amide bonds. The quantitative estimate of drug-likeness (QED) is 0.823. The third kappa shape index (κ3) is 3.75. The van der Waals surface area contributed by atoms with Crippen LogP contribution < -0.4 is 10.3 Å². The highest BCUT2D eigenvalue weighted by atomic mass is 16.5. The highest BCUT2D eigenvalue weighted by molar-refractivity contribution is 5.84. The number of ether oxygens (including phenoxy) is 2. The Morgan fingerprint density at radius 1 is 1.23 bits per heavy atom. The lowest BCUT2D eigenvalue weighted by Gasteiger charge is -2.26. The van der Waals surface area contributed by atoms with E-state index < -0.39 is 0 Å². The fourth-order valence-corrected chi connectivity index (χ4v) is 3.33. The molecule has 0 unspecified atom stereocenters. The maximum Gasteiger partial charge on any atom is 0.260 e. The van der Waals surface area contributed by atoms with E-state index in [0.29, 0.717) is 38.6 Å². The van der Waals surface area contributed by atoms with E-state index in [9.17, 15) is 9.59 Å². The summed E-state index contributed by atoms with van der Waals surface area (Å²) in [6, 6.07) is 7.42. The number of rotatable bonds is 5. The Labute approximate surface area is 153 Å². The SMILES string of the molecule is CCn1c(=O)cc(C(C)C)c2ccc(OCC(=O)N3CCOCC3)cc21. The molecule has 0 bridgehead atoms. The fraction of sp³-hybridized carbons (Fsp3) is 0.500. The van der Waals surface area contributed by atoms with Crippen LogP contribution in [-0.4, -0.2) is 48.3 Å². The van der Waals surface area contributed by atoms with Gasteiger partial charge in [0.05, 0.1) is 18.7 Å². The zero-order valence-corrected chi connectivity index (χ0v) is 15.7. The van der Waals surface area contributed by atoms with E-state index in [1.54, 1.807) is 15.5 Å². The summed E-state index contributed by atoms with van der Waals surface area (Å²) in [6.45, 7) is 9.04. The van der Waals surface area contributed by atoms with Crippen molar-refractivity contribution in [2.75, 3.05) is 32.9 Å². The predicted octanol–water partition coefficient (Wildman–Crippen LogP) is 2.38. The number of carbonyl (C=O) groups is 1. The number of morpholine rings is 1. The Morgan fingerprint density at radius 2 is 1.96 bits per heavy atom. The van der Waals surface area contributed by atoms with Gasteiger partial charge < -0.3 is 18.9 Å². The first-order valence-electron chi connectivity index (χ1n) is 9.17. The number of benzene rings is 1.